The highest BCUT2D eigenvalue weighted by Crippen LogP contribution is 2.44. The van der Waals surface area contributed by atoms with Crippen molar-refractivity contribution in [2.45, 2.75) is 50.2 Å². The topological polar surface area (TPSA) is 108 Å². The highest BCUT2D eigenvalue weighted by Gasteiger charge is 2.49. The molecule has 8 heteroatoms. The minimum atomic E-state index is -1.44. The van der Waals surface area contributed by atoms with E-state index >= 15 is 0 Å². The van der Waals surface area contributed by atoms with Gasteiger partial charge in [0.1, 0.15) is 12.1 Å². The summed E-state index contributed by atoms with van der Waals surface area (Å²) in [6, 6.07) is 25.9. The predicted octanol–water partition coefficient (Wildman–Crippen LogP) is 4.54. The normalized spacial score (nSPS) is 19.8. The molecule has 0 bridgehead atoms. The predicted molar refractivity (Wildman–Crippen MR) is 152 cm³/mol. The maximum absolute atomic E-state index is 13.5. The van der Waals surface area contributed by atoms with Gasteiger partial charge in [-0.05, 0) is 47.6 Å². The van der Waals surface area contributed by atoms with Crippen LogP contribution in [0.3, 0.4) is 0 Å². The SMILES string of the molecule is CCC(C)(NC(=O)OCC1c2ccccc2-c2ccccc21)C(=O)NC1(C(=O)O)CCN(Cc2ccccc2)C1. The first kappa shape index (κ1) is 27.4. The van der Waals surface area contributed by atoms with Crippen molar-refractivity contribution in [2.75, 3.05) is 19.7 Å². The summed E-state index contributed by atoms with van der Waals surface area (Å²) in [6.07, 6.45) is -0.194. The Kier molecular flexibility index (Phi) is 7.63. The molecule has 0 saturated carbocycles. The van der Waals surface area contributed by atoms with Crippen LogP contribution in [0.15, 0.2) is 78.9 Å². The lowest BCUT2D eigenvalue weighted by Gasteiger charge is -2.33. The van der Waals surface area contributed by atoms with Crippen LogP contribution in [0, 0.1) is 0 Å². The highest BCUT2D eigenvalue weighted by atomic mass is 16.5. The van der Waals surface area contributed by atoms with E-state index in [0.29, 0.717) is 13.1 Å². The molecule has 2 atom stereocenters. The van der Waals surface area contributed by atoms with Gasteiger partial charge in [-0.15, -0.1) is 0 Å². The van der Waals surface area contributed by atoms with Gasteiger partial charge < -0.3 is 20.5 Å². The zero-order chi connectivity index (χ0) is 28.3. The number of alkyl carbamates (subject to hydrolysis) is 1. The number of rotatable bonds is 9. The van der Waals surface area contributed by atoms with Gasteiger partial charge in [0.05, 0.1) is 0 Å². The second-order valence-corrected chi connectivity index (χ2v) is 10.9. The first-order valence-electron chi connectivity index (χ1n) is 13.7. The molecule has 8 nitrogen and oxygen atoms in total. The van der Waals surface area contributed by atoms with Crippen LogP contribution in [0.2, 0.25) is 0 Å². The van der Waals surface area contributed by atoms with Crippen molar-refractivity contribution >= 4 is 18.0 Å². The van der Waals surface area contributed by atoms with Gasteiger partial charge in [-0.3, -0.25) is 9.69 Å². The molecule has 0 aromatic heterocycles. The van der Waals surface area contributed by atoms with Crippen molar-refractivity contribution in [1.82, 2.24) is 15.5 Å². The number of benzene rings is 3. The van der Waals surface area contributed by atoms with E-state index in [2.05, 4.69) is 22.8 Å². The summed E-state index contributed by atoms with van der Waals surface area (Å²) in [4.78, 5) is 40.9. The summed E-state index contributed by atoms with van der Waals surface area (Å²) in [5.41, 5.74) is 2.73. The summed E-state index contributed by atoms with van der Waals surface area (Å²) in [7, 11) is 0. The van der Waals surface area contributed by atoms with Crippen LogP contribution in [0.4, 0.5) is 4.79 Å². The van der Waals surface area contributed by atoms with Crippen LogP contribution in [0.25, 0.3) is 11.1 Å². The van der Waals surface area contributed by atoms with E-state index in [0.717, 1.165) is 27.8 Å². The van der Waals surface area contributed by atoms with E-state index in [1.165, 1.54) is 0 Å². The molecule has 1 saturated heterocycles. The van der Waals surface area contributed by atoms with E-state index in [1.807, 2.05) is 71.6 Å². The second-order valence-electron chi connectivity index (χ2n) is 10.9. The molecule has 5 rings (SSSR count). The largest absolute Gasteiger partial charge is 0.479 e. The third-order valence-corrected chi connectivity index (χ3v) is 8.29. The molecule has 0 radical (unpaired) electrons. The fraction of sp³-hybridized carbons (Fsp3) is 0.344. The van der Waals surface area contributed by atoms with Gasteiger partial charge in [-0.2, -0.15) is 0 Å². The van der Waals surface area contributed by atoms with Gasteiger partial charge in [-0.25, -0.2) is 9.59 Å². The molecule has 2 unspecified atom stereocenters. The number of carboxylic acid groups (broad SMARTS) is 1. The van der Waals surface area contributed by atoms with Crippen molar-refractivity contribution in [3.8, 4) is 11.1 Å². The average Bonchev–Trinajstić information content (AvgIpc) is 3.52. The van der Waals surface area contributed by atoms with Gasteiger partial charge in [0.25, 0.3) is 0 Å². The molecule has 1 aliphatic carbocycles. The summed E-state index contributed by atoms with van der Waals surface area (Å²) < 4.78 is 5.66. The van der Waals surface area contributed by atoms with Gasteiger partial charge in [0.15, 0.2) is 5.54 Å². The van der Waals surface area contributed by atoms with Crippen molar-refractivity contribution in [2.24, 2.45) is 0 Å². The number of fused-ring (bicyclic) bond motifs is 3. The van der Waals surface area contributed by atoms with E-state index in [4.69, 9.17) is 4.74 Å². The lowest BCUT2D eigenvalue weighted by Crippen LogP contribution is -2.64. The smallest absolute Gasteiger partial charge is 0.408 e. The molecule has 2 amide bonds. The minimum absolute atomic E-state index is 0.107. The third kappa shape index (κ3) is 5.31. The lowest BCUT2D eigenvalue weighted by atomic mass is 9.93. The molecule has 3 aromatic carbocycles. The zero-order valence-electron chi connectivity index (χ0n) is 22.9. The fourth-order valence-corrected chi connectivity index (χ4v) is 5.72. The number of aliphatic carboxylic acids is 1. The Morgan fingerprint density at radius 2 is 1.57 bits per heavy atom. The summed E-state index contributed by atoms with van der Waals surface area (Å²) in [5.74, 6) is -1.74. The van der Waals surface area contributed by atoms with E-state index in [-0.39, 0.29) is 31.9 Å². The second kappa shape index (κ2) is 11.1. The third-order valence-electron chi connectivity index (χ3n) is 8.29. The van der Waals surface area contributed by atoms with Gasteiger partial charge in [-0.1, -0.05) is 85.8 Å². The number of amides is 2. The molecular formula is C32H35N3O5. The first-order valence-corrected chi connectivity index (χ1v) is 13.7. The molecule has 40 heavy (non-hydrogen) atoms. The quantitative estimate of drug-likeness (QED) is 0.367. The maximum atomic E-state index is 13.5. The average molecular weight is 542 g/mol. The Hall–Kier alpha value is -4.17. The molecule has 2 aliphatic rings. The van der Waals surface area contributed by atoms with Crippen LogP contribution in [-0.2, 0) is 20.9 Å². The number of nitrogens with one attached hydrogen (secondary N) is 2. The summed E-state index contributed by atoms with van der Waals surface area (Å²) in [5, 5.41) is 15.6. The van der Waals surface area contributed by atoms with Gasteiger partial charge >= 0.3 is 12.1 Å². The summed E-state index contributed by atoms with van der Waals surface area (Å²) >= 11 is 0. The van der Waals surface area contributed by atoms with E-state index in [9.17, 15) is 19.5 Å². The number of carboxylic acids is 1. The molecule has 3 N–H and O–H groups in total. The molecule has 1 aliphatic heterocycles. The van der Waals surface area contributed by atoms with E-state index in [1.54, 1.807) is 13.8 Å². The highest BCUT2D eigenvalue weighted by molar-refractivity contribution is 5.94. The molecule has 1 fully saturated rings. The molecular weight excluding hydrogens is 506 g/mol. The molecule has 1 heterocycles. The first-order chi connectivity index (χ1) is 19.2. The Morgan fingerprint density at radius 1 is 0.975 bits per heavy atom. The Labute approximate surface area is 234 Å². The van der Waals surface area contributed by atoms with Crippen molar-refractivity contribution < 1.29 is 24.2 Å². The standard InChI is InChI=1S/C32H35N3O5/c1-3-31(2,28(36)33-32(29(37)38)17-18-35(21-32)19-22-11-5-4-6-12-22)34-30(39)40-20-27-25-15-9-7-13-23(25)24-14-8-10-16-26(24)27/h4-16,27H,3,17-21H2,1-2H3,(H,33,36)(H,34,39)(H,37,38). The fourth-order valence-electron chi connectivity index (χ4n) is 5.72. The number of hydrogen-bond acceptors (Lipinski definition) is 5. The molecule has 3 aromatic rings. The van der Waals surface area contributed by atoms with Crippen molar-refractivity contribution in [3.63, 3.8) is 0 Å². The number of carbonyl (C=O) groups excluding carboxylic acids is 2. The molecule has 0 spiro atoms. The van der Waals surface area contributed by atoms with Crippen LogP contribution in [0.5, 0.6) is 0 Å². The van der Waals surface area contributed by atoms with Crippen molar-refractivity contribution in [3.05, 3.63) is 95.6 Å². The van der Waals surface area contributed by atoms with Gasteiger partial charge in [0, 0.05) is 25.6 Å². The number of carbonyl (C=O) groups is 3. The monoisotopic (exact) mass is 541 g/mol. The zero-order valence-corrected chi connectivity index (χ0v) is 22.9. The maximum Gasteiger partial charge on any atom is 0.408 e. The number of likely N-dealkylation sites (tertiary alicyclic amines) is 1. The Morgan fingerprint density at radius 3 is 2.17 bits per heavy atom. The van der Waals surface area contributed by atoms with Crippen LogP contribution < -0.4 is 10.6 Å². The van der Waals surface area contributed by atoms with Crippen LogP contribution in [0.1, 0.15) is 49.3 Å². The van der Waals surface area contributed by atoms with Gasteiger partial charge in [0.2, 0.25) is 5.91 Å². The van der Waals surface area contributed by atoms with Crippen LogP contribution in [-0.4, -0.2) is 58.8 Å². The Balaban J connectivity index is 1.23. The molecule has 208 valence electrons. The van der Waals surface area contributed by atoms with Crippen molar-refractivity contribution in [1.29, 1.82) is 0 Å². The van der Waals surface area contributed by atoms with E-state index < -0.39 is 29.0 Å². The van der Waals surface area contributed by atoms with Crippen LogP contribution >= 0.6 is 0 Å². The number of ether oxygens (including phenoxy) is 1. The number of nitrogens with zero attached hydrogens (tertiary/aromatic N) is 1. The number of hydrogen-bond donors (Lipinski definition) is 3. The lowest BCUT2D eigenvalue weighted by molar-refractivity contribution is -0.148. The summed E-state index contributed by atoms with van der Waals surface area (Å²) in [6.45, 7) is 4.78. The minimum Gasteiger partial charge on any atom is -0.479 e. The Bertz CT molecular complexity index is 1360.